The summed E-state index contributed by atoms with van der Waals surface area (Å²) in [6.07, 6.45) is -0.0599. The van der Waals surface area contributed by atoms with Gasteiger partial charge in [-0.15, -0.1) is 0 Å². The number of hydrogen-bond donors (Lipinski definition) is 1. The number of aryl methyl sites for hydroxylation is 2. The van der Waals surface area contributed by atoms with Crippen molar-refractivity contribution in [2.75, 3.05) is 12.4 Å². The lowest BCUT2D eigenvalue weighted by Crippen LogP contribution is -2.44. The van der Waals surface area contributed by atoms with Crippen LogP contribution in [0, 0.1) is 25.7 Å². The van der Waals surface area contributed by atoms with E-state index >= 15 is 0 Å². The van der Waals surface area contributed by atoms with Gasteiger partial charge in [0.25, 0.3) is 0 Å². The van der Waals surface area contributed by atoms with Crippen molar-refractivity contribution >= 4 is 11.6 Å². The van der Waals surface area contributed by atoms with Crippen LogP contribution in [-0.2, 0) is 9.53 Å². The van der Waals surface area contributed by atoms with Crippen LogP contribution in [0.25, 0.3) is 0 Å². The number of halogens is 2. The third kappa shape index (κ3) is 4.33. The van der Waals surface area contributed by atoms with Gasteiger partial charge in [0.15, 0.2) is 0 Å². The first-order valence-corrected chi connectivity index (χ1v) is 9.05. The molecule has 3 rings (SSSR count). The Balaban J connectivity index is 1.91. The number of nitrogens with zero attached hydrogens (tertiary/aromatic N) is 1. The first kappa shape index (κ1) is 19.4. The minimum absolute atomic E-state index is 0.144. The van der Waals surface area contributed by atoms with Crippen LogP contribution in [0.15, 0.2) is 36.5 Å². The van der Waals surface area contributed by atoms with Crippen molar-refractivity contribution in [3.05, 3.63) is 59.2 Å². The van der Waals surface area contributed by atoms with Gasteiger partial charge in [-0.3, -0.25) is 4.79 Å². The predicted molar refractivity (Wildman–Crippen MR) is 99.9 cm³/mol. The molecule has 1 N–H and O–H groups in total. The van der Waals surface area contributed by atoms with E-state index in [-0.39, 0.29) is 18.7 Å². The Morgan fingerprint density at radius 2 is 1.96 bits per heavy atom. The maximum Gasteiger partial charge on any atom is 0.230 e. The van der Waals surface area contributed by atoms with Crippen LogP contribution in [0.2, 0.25) is 0 Å². The second-order valence-electron chi connectivity index (χ2n) is 7.18. The molecule has 1 fully saturated rings. The van der Waals surface area contributed by atoms with Crippen molar-refractivity contribution in [2.24, 2.45) is 5.92 Å². The molecular weight excluding hydrogens is 350 g/mol. The van der Waals surface area contributed by atoms with Gasteiger partial charge in [-0.2, -0.15) is 4.39 Å². The fourth-order valence-electron chi connectivity index (χ4n) is 3.81. The lowest BCUT2D eigenvalue weighted by molar-refractivity contribution is -0.128. The van der Waals surface area contributed by atoms with Crippen molar-refractivity contribution in [1.29, 1.82) is 0 Å². The highest BCUT2D eigenvalue weighted by Gasteiger charge is 2.43. The molecule has 27 heavy (non-hydrogen) atoms. The van der Waals surface area contributed by atoms with Crippen molar-refractivity contribution in [3.8, 4) is 0 Å². The number of alkyl halides is 1. The van der Waals surface area contributed by atoms with Crippen molar-refractivity contribution in [1.82, 2.24) is 4.98 Å². The van der Waals surface area contributed by atoms with E-state index in [9.17, 15) is 13.6 Å². The Bertz CT molecular complexity index is 828. The molecule has 1 aromatic carbocycles. The fraction of sp³-hybridized carbons (Fsp3) is 0.429. The summed E-state index contributed by atoms with van der Waals surface area (Å²) in [5, 5.41) is 2.92. The van der Waals surface area contributed by atoms with Gasteiger partial charge in [0, 0.05) is 31.3 Å². The van der Waals surface area contributed by atoms with Crippen molar-refractivity contribution in [2.45, 2.75) is 44.9 Å². The summed E-state index contributed by atoms with van der Waals surface area (Å²) in [5.41, 5.74) is 3.44. The Hall–Kier alpha value is -2.34. The average Bonchev–Trinajstić information content (AvgIpc) is 2.63. The molecule has 0 bridgehead atoms. The van der Waals surface area contributed by atoms with Gasteiger partial charge in [0.1, 0.15) is 6.17 Å². The standard InChI is InChI=1S/C21H24F2N2O2/c1-12-4-5-16(8-13(12)2)25-21(26)20-17(10-15(22)11-18(20)27-3)14-6-7-24-19(23)9-14/h4-9,15,17-18,20H,10-11H2,1-3H3,(H,25,26). The Morgan fingerprint density at radius 3 is 2.63 bits per heavy atom. The van der Waals surface area contributed by atoms with E-state index in [1.165, 1.54) is 19.4 Å². The number of amides is 1. The molecular formula is C21H24F2N2O2. The summed E-state index contributed by atoms with van der Waals surface area (Å²) in [7, 11) is 1.48. The Kier molecular flexibility index (Phi) is 5.85. The number of nitrogens with one attached hydrogen (secondary N) is 1. The predicted octanol–water partition coefficient (Wildman–Crippen LogP) is 4.32. The quantitative estimate of drug-likeness (QED) is 0.811. The summed E-state index contributed by atoms with van der Waals surface area (Å²) >= 11 is 0. The first-order valence-electron chi connectivity index (χ1n) is 9.05. The number of carbonyl (C=O) groups excluding carboxylic acids is 1. The molecule has 4 nitrogen and oxygen atoms in total. The van der Waals surface area contributed by atoms with Gasteiger partial charge in [-0.1, -0.05) is 6.07 Å². The highest BCUT2D eigenvalue weighted by atomic mass is 19.1. The molecule has 0 radical (unpaired) electrons. The minimum Gasteiger partial charge on any atom is -0.380 e. The number of hydrogen-bond acceptors (Lipinski definition) is 3. The minimum atomic E-state index is -1.11. The molecule has 1 aliphatic carbocycles. The van der Waals surface area contributed by atoms with Gasteiger partial charge in [0.05, 0.1) is 12.0 Å². The first-order chi connectivity index (χ1) is 12.9. The largest absolute Gasteiger partial charge is 0.380 e. The second-order valence-corrected chi connectivity index (χ2v) is 7.18. The molecule has 2 aromatic rings. The maximum atomic E-state index is 14.3. The summed E-state index contributed by atoms with van der Waals surface area (Å²) in [4.78, 5) is 16.6. The van der Waals surface area contributed by atoms with Gasteiger partial charge < -0.3 is 10.1 Å². The van der Waals surface area contributed by atoms with E-state index in [1.807, 2.05) is 32.0 Å². The lowest BCUT2D eigenvalue weighted by Gasteiger charge is -2.38. The molecule has 1 saturated carbocycles. The highest BCUT2D eigenvalue weighted by Crippen LogP contribution is 2.41. The van der Waals surface area contributed by atoms with Crippen molar-refractivity contribution in [3.63, 3.8) is 0 Å². The smallest absolute Gasteiger partial charge is 0.230 e. The zero-order chi connectivity index (χ0) is 19.6. The molecule has 1 heterocycles. The zero-order valence-corrected chi connectivity index (χ0v) is 15.7. The van der Waals surface area contributed by atoms with Gasteiger partial charge >= 0.3 is 0 Å². The number of anilines is 1. The van der Waals surface area contributed by atoms with Gasteiger partial charge in [-0.25, -0.2) is 9.37 Å². The lowest BCUT2D eigenvalue weighted by atomic mass is 9.72. The summed E-state index contributed by atoms with van der Waals surface area (Å²) in [5.74, 6) is -2.00. The molecule has 4 unspecified atom stereocenters. The van der Waals surface area contributed by atoms with Crippen LogP contribution in [0.4, 0.5) is 14.5 Å². The van der Waals surface area contributed by atoms with Crippen LogP contribution in [0.5, 0.6) is 0 Å². The van der Waals surface area contributed by atoms with Crippen LogP contribution >= 0.6 is 0 Å². The van der Waals surface area contributed by atoms with E-state index in [0.717, 1.165) is 11.1 Å². The number of pyridine rings is 1. The van der Waals surface area contributed by atoms with E-state index in [4.69, 9.17) is 4.74 Å². The van der Waals surface area contributed by atoms with Crippen LogP contribution in [0.3, 0.4) is 0 Å². The number of rotatable bonds is 4. The highest BCUT2D eigenvalue weighted by molar-refractivity contribution is 5.93. The molecule has 1 amide bonds. The van der Waals surface area contributed by atoms with Crippen molar-refractivity contribution < 1.29 is 18.3 Å². The number of aromatic nitrogens is 1. The van der Waals surface area contributed by atoms with Crippen LogP contribution in [0.1, 0.15) is 35.4 Å². The SMILES string of the molecule is COC1CC(F)CC(c2ccnc(F)c2)C1C(=O)Nc1ccc(C)c(C)c1. The van der Waals surface area contributed by atoms with E-state index in [0.29, 0.717) is 11.3 Å². The Morgan fingerprint density at radius 1 is 1.19 bits per heavy atom. The number of methoxy groups -OCH3 is 1. The van der Waals surface area contributed by atoms with E-state index in [2.05, 4.69) is 10.3 Å². The molecule has 1 aliphatic rings. The molecule has 0 aliphatic heterocycles. The third-order valence-electron chi connectivity index (χ3n) is 5.39. The summed E-state index contributed by atoms with van der Waals surface area (Å²) < 4.78 is 33.4. The zero-order valence-electron chi connectivity index (χ0n) is 15.7. The number of benzene rings is 1. The van der Waals surface area contributed by atoms with E-state index in [1.54, 1.807) is 6.07 Å². The topological polar surface area (TPSA) is 51.2 Å². The third-order valence-corrected chi connectivity index (χ3v) is 5.39. The normalized spacial score (nSPS) is 25.2. The molecule has 0 spiro atoms. The van der Waals surface area contributed by atoms with E-state index < -0.39 is 30.1 Å². The Labute approximate surface area is 158 Å². The summed E-state index contributed by atoms with van der Waals surface area (Å²) in [6, 6.07) is 8.58. The van der Waals surface area contributed by atoms with Gasteiger partial charge in [0.2, 0.25) is 11.9 Å². The molecule has 1 aromatic heterocycles. The van der Waals surface area contributed by atoms with Crippen LogP contribution in [-0.4, -0.2) is 30.3 Å². The second kappa shape index (κ2) is 8.13. The molecule has 0 saturated heterocycles. The number of carbonyl (C=O) groups is 1. The molecule has 6 heteroatoms. The monoisotopic (exact) mass is 374 g/mol. The molecule has 144 valence electrons. The molecule has 4 atom stereocenters. The average molecular weight is 374 g/mol. The van der Waals surface area contributed by atoms with Gasteiger partial charge in [-0.05, 0) is 61.2 Å². The fourth-order valence-corrected chi connectivity index (χ4v) is 3.81. The maximum absolute atomic E-state index is 14.3. The van der Waals surface area contributed by atoms with Crippen LogP contribution < -0.4 is 5.32 Å². The summed E-state index contributed by atoms with van der Waals surface area (Å²) in [6.45, 7) is 3.97. The number of ether oxygens (including phenoxy) is 1.